The van der Waals surface area contributed by atoms with Crippen LogP contribution in [-0.4, -0.2) is 26.9 Å². The Kier molecular flexibility index (Phi) is 4.17. The number of aromatic nitrogens is 2. The number of hydrogen-bond donors (Lipinski definition) is 3. The van der Waals surface area contributed by atoms with Crippen molar-refractivity contribution in [3.8, 4) is 0 Å². The van der Waals surface area contributed by atoms with E-state index in [1.54, 1.807) is 24.0 Å². The normalized spacial score (nSPS) is 10.2. The van der Waals surface area contributed by atoms with Gasteiger partial charge in [0.05, 0.1) is 17.9 Å². The standard InChI is InChI=1S/C13H13FN4O3/c1-18-6-5-8(17-18)7-15-13(21)16-10-4-2-3-9(14)11(10)12(19)20/h2-6H,7H2,1H3,(H,19,20)(H2,15,16,21). The predicted molar refractivity (Wildman–Crippen MR) is 72.4 cm³/mol. The van der Waals surface area contributed by atoms with E-state index >= 15 is 0 Å². The fourth-order valence-corrected chi connectivity index (χ4v) is 1.74. The molecule has 0 aliphatic carbocycles. The van der Waals surface area contributed by atoms with Gasteiger partial charge in [-0.3, -0.25) is 4.68 Å². The van der Waals surface area contributed by atoms with Crippen LogP contribution in [0.15, 0.2) is 30.5 Å². The fraction of sp³-hybridized carbons (Fsp3) is 0.154. The van der Waals surface area contributed by atoms with E-state index in [2.05, 4.69) is 15.7 Å². The molecule has 0 unspecified atom stereocenters. The fourth-order valence-electron chi connectivity index (χ4n) is 1.74. The summed E-state index contributed by atoms with van der Waals surface area (Å²) in [5.74, 6) is -2.36. The van der Waals surface area contributed by atoms with Gasteiger partial charge in [0, 0.05) is 13.2 Å². The molecule has 1 heterocycles. The maximum atomic E-state index is 13.4. The number of amides is 2. The lowest BCUT2D eigenvalue weighted by molar-refractivity contribution is 0.0693. The molecule has 2 amide bonds. The number of benzene rings is 1. The molecule has 0 aliphatic rings. The summed E-state index contributed by atoms with van der Waals surface area (Å²) in [5, 5.41) is 17.8. The van der Waals surface area contributed by atoms with Crippen molar-refractivity contribution in [1.29, 1.82) is 0 Å². The van der Waals surface area contributed by atoms with E-state index in [9.17, 15) is 14.0 Å². The predicted octanol–water partition coefficient (Wildman–Crippen LogP) is 1.58. The van der Waals surface area contributed by atoms with Gasteiger partial charge in [0.15, 0.2) is 0 Å². The summed E-state index contributed by atoms with van der Waals surface area (Å²) in [6.07, 6.45) is 1.73. The number of halogens is 1. The molecule has 110 valence electrons. The SMILES string of the molecule is Cn1ccc(CNC(=O)Nc2cccc(F)c2C(=O)O)n1. The summed E-state index contributed by atoms with van der Waals surface area (Å²) in [4.78, 5) is 22.7. The number of aromatic carboxylic acids is 1. The van der Waals surface area contributed by atoms with Crippen molar-refractivity contribution in [2.45, 2.75) is 6.54 Å². The van der Waals surface area contributed by atoms with E-state index < -0.39 is 23.4 Å². The van der Waals surface area contributed by atoms with Crippen LogP contribution in [0.4, 0.5) is 14.9 Å². The van der Waals surface area contributed by atoms with Crippen molar-refractivity contribution in [3.05, 3.63) is 47.5 Å². The summed E-state index contributed by atoms with van der Waals surface area (Å²) in [5.41, 5.74) is -0.0446. The van der Waals surface area contributed by atoms with Crippen LogP contribution in [0, 0.1) is 5.82 Å². The van der Waals surface area contributed by atoms with E-state index in [4.69, 9.17) is 5.11 Å². The zero-order chi connectivity index (χ0) is 15.4. The number of hydrogen-bond acceptors (Lipinski definition) is 3. The third kappa shape index (κ3) is 3.56. The molecule has 0 saturated heterocycles. The molecule has 3 N–H and O–H groups in total. The Morgan fingerprint density at radius 1 is 1.38 bits per heavy atom. The van der Waals surface area contributed by atoms with Crippen LogP contribution in [0.1, 0.15) is 16.1 Å². The van der Waals surface area contributed by atoms with Gasteiger partial charge in [0.25, 0.3) is 0 Å². The summed E-state index contributed by atoms with van der Waals surface area (Å²) in [6, 6.07) is 4.72. The second kappa shape index (κ2) is 6.04. The summed E-state index contributed by atoms with van der Waals surface area (Å²) < 4.78 is 15.0. The number of aryl methyl sites for hydroxylation is 1. The molecule has 0 atom stereocenters. The van der Waals surface area contributed by atoms with Crippen molar-refractivity contribution in [3.63, 3.8) is 0 Å². The minimum absolute atomic E-state index is 0.110. The van der Waals surface area contributed by atoms with Crippen molar-refractivity contribution in [2.75, 3.05) is 5.32 Å². The lowest BCUT2D eigenvalue weighted by atomic mass is 10.1. The Labute approximate surface area is 119 Å². The monoisotopic (exact) mass is 292 g/mol. The molecule has 2 rings (SSSR count). The Balaban J connectivity index is 2.03. The number of nitrogens with one attached hydrogen (secondary N) is 2. The maximum Gasteiger partial charge on any atom is 0.340 e. The molecule has 21 heavy (non-hydrogen) atoms. The number of carbonyl (C=O) groups is 2. The Bertz CT molecular complexity index is 684. The molecule has 0 aliphatic heterocycles. The Hall–Kier alpha value is -2.90. The highest BCUT2D eigenvalue weighted by Gasteiger charge is 2.17. The van der Waals surface area contributed by atoms with E-state index in [1.165, 1.54) is 12.1 Å². The van der Waals surface area contributed by atoms with Gasteiger partial charge < -0.3 is 15.7 Å². The van der Waals surface area contributed by atoms with Crippen LogP contribution >= 0.6 is 0 Å². The largest absolute Gasteiger partial charge is 0.478 e. The number of rotatable bonds is 4. The van der Waals surface area contributed by atoms with Gasteiger partial charge in [-0.2, -0.15) is 5.10 Å². The van der Waals surface area contributed by atoms with Crippen LogP contribution in [0.2, 0.25) is 0 Å². The minimum atomic E-state index is -1.45. The quantitative estimate of drug-likeness (QED) is 0.797. The van der Waals surface area contributed by atoms with Crippen LogP contribution in [0.5, 0.6) is 0 Å². The Morgan fingerprint density at radius 2 is 2.14 bits per heavy atom. The average molecular weight is 292 g/mol. The second-order valence-corrected chi connectivity index (χ2v) is 4.26. The molecule has 0 spiro atoms. The molecule has 0 fully saturated rings. The number of anilines is 1. The molecule has 2 aromatic rings. The van der Waals surface area contributed by atoms with Crippen LogP contribution in [0.25, 0.3) is 0 Å². The molecule has 8 heteroatoms. The van der Waals surface area contributed by atoms with Gasteiger partial charge >= 0.3 is 12.0 Å². The first-order chi connectivity index (χ1) is 9.97. The van der Waals surface area contributed by atoms with Gasteiger partial charge in [-0.05, 0) is 18.2 Å². The third-order valence-corrected chi connectivity index (χ3v) is 2.67. The van der Waals surface area contributed by atoms with Crippen LogP contribution < -0.4 is 10.6 Å². The molecule has 7 nitrogen and oxygen atoms in total. The van der Waals surface area contributed by atoms with Gasteiger partial charge in [-0.1, -0.05) is 6.07 Å². The van der Waals surface area contributed by atoms with E-state index in [-0.39, 0.29) is 12.2 Å². The lowest BCUT2D eigenvalue weighted by Gasteiger charge is -2.09. The molecule has 0 radical (unpaired) electrons. The smallest absolute Gasteiger partial charge is 0.340 e. The molecule has 0 saturated carbocycles. The highest BCUT2D eigenvalue weighted by Crippen LogP contribution is 2.18. The van der Waals surface area contributed by atoms with Gasteiger partial charge in [0.1, 0.15) is 11.4 Å². The van der Waals surface area contributed by atoms with Crippen molar-refractivity contribution in [1.82, 2.24) is 15.1 Å². The summed E-state index contributed by atoms with van der Waals surface area (Å²) in [7, 11) is 1.75. The number of carboxylic acid groups (broad SMARTS) is 1. The lowest BCUT2D eigenvalue weighted by Crippen LogP contribution is -2.29. The van der Waals surface area contributed by atoms with Crippen molar-refractivity contribution >= 4 is 17.7 Å². The van der Waals surface area contributed by atoms with Crippen molar-refractivity contribution < 1.29 is 19.1 Å². The highest BCUT2D eigenvalue weighted by molar-refractivity contribution is 6.00. The first kappa shape index (κ1) is 14.5. The zero-order valence-corrected chi connectivity index (χ0v) is 11.1. The molecule has 0 bridgehead atoms. The first-order valence-corrected chi connectivity index (χ1v) is 6.02. The summed E-state index contributed by atoms with van der Waals surface area (Å²) in [6.45, 7) is 0.171. The average Bonchev–Trinajstić information content (AvgIpc) is 2.82. The number of carboxylic acids is 1. The molecule has 1 aromatic heterocycles. The minimum Gasteiger partial charge on any atom is -0.478 e. The van der Waals surface area contributed by atoms with Gasteiger partial charge in [-0.15, -0.1) is 0 Å². The molecular weight excluding hydrogens is 279 g/mol. The van der Waals surface area contributed by atoms with E-state index in [1.807, 2.05) is 0 Å². The van der Waals surface area contributed by atoms with Crippen molar-refractivity contribution in [2.24, 2.45) is 7.05 Å². The number of carbonyl (C=O) groups excluding carboxylic acids is 1. The number of nitrogens with zero attached hydrogens (tertiary/aromatic N) is 2. The third-order valence-electron chi connectivity index (χ3n) is 2.67. The van der Waals surface area contributed by atoms with Gasteiger partial charge in [0.2, 0.25) is 0 Å². The van der Waals surface area contributed by atoms with E-state index in [0.717, 1.165) is 6.07 Å². The summed E-state index contributed by atoms with van der Waals surface area (Å²) >= 11 is 0. The van der Waals surface area contributed by atoms with Crippen LogP contribution in [-0.2, 0) is 13.6 Å². The topological polar surface area (TPSA) is 96.2 Å². The zero-order valence-electron chi connectivity index (χ0n) is 11.1. The first-order valence-electron chi connectivity index (χ1n) is 6.02. The maximum absolute atomic E-state index is 13.4. The van der Waals surface area contributed by atoms with Gasteiger partial charge in [-0.25, -0.2) is 14.0 Å². The molecular formula is C13H13FN4O3. The second-order valence-electron chi connectivity index (χ2n) is 4.26. The highest BCUT2D eigenvalue weighted by atomic mass is 19.1. The number of urea groups is 1. The van der Waals surface area contributed by atoms with Crippen LogP contribution in [0.3, 0.4) is 0 Å². The Morgan fingerprint density at radius 3 is 2.76 bits per heavy atom. The van der Waals surface area contributed by atoms with E-state index in [0.29, 0.717) is 5.69 Å². The molecule has 1 aromatic carbocycles.